The van der Waals surface area contributed by atoms with Gasteiger partial charge in [0.25, 0.3) is 0 Å². The van der Waals surface area contributed by atoms with E-state index >= 15 is 0 Å². The van der Waals surface area contributed by atoms with Crippen LogP contribution in [-0.4, -0.2) is 52.9 Å². The van der Waals surface area contributed by atoms with Crippen molar-refractivity contribution in [2.45, 2.75) is 25.9 Å². The van der Waals surface area contributed by atoms with Gasteiger partial charge in [-0.2, -0.15) is 0 Å². The average Bonchev–Trinajstić information content (AvgIpc) is 2.86. The van der Waals surface area contributed by atoms with Crippen molar-refractivity contribution in [3.8, 4) is 0 Å². The van der Waals surface area contributed by atoms with E-state index in [0.29, 0.717) is 58.4 Å². The van der Waals surface area contributed by atoms with E-state index in [-0.39, 0.29) is 35.4 Å². The number of carboxylic acids is 1. The van der Waals surface area contributed by atoms with E-state index in [1.165, 1.54) is 24.3 Å². The maximum atomic E-state index is 12.3. The fraction of sp³-hybridized carbons (Fsp3) is 0.250. The Bertz CT molecular complexity index is 1370. The molecule has 0 fully saturated rings. The smallest absolute Gasteiger partial charge is 0.336 e. The van der Waals surface area contributed by atoms with Gasteiger partial charge in [-0.3, -0.25) is 14.4 Å². The Kier molecular flexibility index (Phi) is 8.02. The third-order valence-corrected chi connectivity index (χ3v) is 6.50. The van der Waals surface area contributed by atoms with Crippen molar-refractivity contribution in [3.63, 3.8) is 0 Å². The first-order valence-corrected chi connectivity index (χ1v) is 12.5. The maximum Gasteiger partial charge on any atom is 0.336 e. The number of ether oxygens (including phenoxy) is 1. The van der Waals surface area contributed by atoms with Crippen molar-refractivity contribution < 1.29 is 29.0 Å². The van der Waals surface area contributed by atoms with Crippen molar-refractivity contribution in [2.75, 3.05) is 18.4 Å². The molecule has 0 bridgehead atoms. The molecule has 0 radical (unpaired) electrons. The number of rotatable bonds is 8. The molecular weight excluding hydrogens is 506 g/mol. The Balaban J connectivity index is 1.55. The van der Waals surface area contributed by atoms with Gasteiger partial charge < -0.3 is 25.8 Å². The van der Waals surface area contributed by atoms with E-state index in [4.69, 9.17) is 17.0 Å². The topological polar surface area (TPSA) is 134 Å². The van der Waals surface area contributed by atoms with Crippen LogP contribution in [-0.2, 0) is 19.1 Å². The molecule has 1 aromatic rings. The normalized spacial score (nSPS) is 19.6. The average molecular weight is 534 g/mol. The first-order valence-electron chi connectivity index (χ1n) is 12.1. The minimum atomic E-state index is -1.14. The molecule has 1 heterocycles. The summed E-state index contributed by atoms with van der Waals surface area (Å²) in [4.78, 5) is 47.9. The van der Waals surface area contributed by atoms with Crippen LogP contribution >= 0.6 is 12.2 Å². The van der Waals surface area contributed by atoms with Crippen LogP contribution in [0.5, 0.6) is 0 Å². The molecule has 0 spiro atoms. The second-order valence-corrected chi connectivity index (χ2v) is 9.53. The zero-order valence-corrected chi connectivity index (χ0v) is 21.5. The van der Waals surface area contributed by atoms with Gasteiger partial charge in [0.05, 0.1) is 5.56 Å². The molecule has 2 unspecified atom stereocenters. The molecule has 10 heteroatoms. The van der Waals surface area contributed by atoms with Gasteiger partial charge in [0.1, 0.15) is 11.9 Å². The number of thiocarbonyl (C=S) groups is 1. The van der Waals surface area contributed by atoms with Gasteiger partial charge >= 0.3 is 5.97 Å². The predicted molar refractivity (Wildman–Crippen MR) is 146 cm³/mol. The number of hydrogen-bond acceptors (Lipinski definition) is 6. The van der Waals surface area contributed by atoms with E-state index in [2.05, 4.69) is 22.5 Å². The number of carbonyl (C=O) groups is 4. The summed E-state index contributed by atoms with van der Waals surface area (Å²) >= 11 is 5.33. The number of carbonyl (C=O) groups excluding carboxylic acids is 3. The fourth-order valence-corrected chi connectivity index (χ4v) is 4.69. The maximum absolute atomic E-state index is 12.3. The number of benzene rings is 1. The Labute approximate surface area is 225 Å². The number of carboxylic acid groups (broad SMARTS) is 1. The first-order chi connectivity index (χ1) is 18.1. The number of hydrogen-bond donors (Lipinski definition) is 4. The summed E-state index contributed by atoms with van der Waals surface area (Å²) in [6, 6.07) is 4.91. The zero-order chi connectivity index (χ0) is 27.4. The number of amides is 1. The van der Waals surface area contributed by atoms with Crippen LogP contribution in [0.15, 0.2) is 72.1 Å². The van der Waals surface area contributed by atoms with Crippen LogP contribution in [0.3, 0.4) is 0 Å². The third kappa shape index (κ3) is 5.97. The molecule has 2 aliphatic carbocycles. The van der Waals surface area contributed by atoms with Crippen molar-refractivity contribution >= 4 is 52.0 Å². The summed E-state index contributed by atoms with van der Waals surface area (Å²) in [6.07, 6.45) is 7.84. The standard InChI is InChI=1S/C28H27N3O6S/c1-15(2)26(34)29-10-3-11-30-28(38)31-16-4-7-19(22(12-16)27(35)36)25-20-8-5-17(32)13-23(20)37-24-14-18(33)6-9-21(24)25/h4-9,12-13,21,24H,1,3,10-11,14H2,2H3,(H,29,34)(H,35,36)(H2,30,31,38). The molecule has 196 valence electrons. The van der Waals surface area contributed by atoms with Gasteiger partial charge in [0, 0.05) is 48.3 Å². The van der Waals surface area contributed by atoms with E-state index in [9.17, 15) is 24.3 Å². The Hall–Kier alpha value is -4.31. The lowest BCUT2D eigenvalue weighted by Crippen LogP contribution is -2.34. The lowest BCUT2D eigenvalue weighted by Gasteiger charge is -2.38. The molecule has 9 nitrogen and oxygen atoms in total. The van der Waals surface area contributed by atoms with Crippen molar-refractivity contribution in [1.82, 2.24) is 10.6 Å². The number of nitrogens with one attached hydrogen (secondary N) is 3. The summed E-state index contributed by atoms with van der Waals surface area (Å²) in [5, 5.41) is 19.2. The van der Waals surface area contributed by atoms with Crippen LogP contribution in [0.1, 0.15) is 35.7 Å². The molecule has 4 rings (SSSR count). The molecule has 4 N–H and O–H groups in total. The molecule has 0 saturated heterocycles. The van der Waals surface area contributed by atoms with Gasteiger partial charge in [-0.1, -0.05) is 18.7 Å². The molecule has 1 aromatic carbocycles. The van der Waals surface area contributed by atoms with Gasteiger partial charge in [-0.05, 0) is 67.1 Å². The van der Waals surface area contributed by atoms with Crippen LogP contribution in [0.4, 0.5) is 5.69 Å². The highest BCUT2D eigenvalue weighted by Crippen LogP contribution is 2.45. The van der Waals surface area contributed by atoms with Crippen molar-refractivity contribution in [2.24, 2.45) is 5.92 Å². The predicted octanol–water partition coefficient (Wildman–Crippen LogP) is 3.07. The van der Waals surface area contributed by atoms with Gasteiger partial charge in [-0.15, -0.1) is 0 Å². The second kappa shape index (κ2) is 11.4. The molecule has 2 atom stereocenters. The lowest BCUT2D eigenvalue weighted by molar-refractivity contribution is -0.118. The number of aromatic carboxylic acids is 1. The summed E-state index contributed by atoms with van der Waals surface area (Å²) in [6.45, 7) is 6.17. The number of fused-ring (bicyclic) bond motifs is 2. The first kappa shape index (κ1) is 26.7. The zero-order valence-electron chi connectivity index (χ0n) is 20.7. The third-order valence-electron chi connectivity index (χ3n) is 6.26. The molecule has 3 aliphatic rings. The Morgan fingerprint density at radius 1 is 1.16 bits per heavy atom. The van der Waals surface area contributed by atoms with Crippen LogP contribution in [0.2, 0.25) is 0 Å². The van der Waals surface area contributed by atoms with Gasteiger partial charge in [0.2, 0.25) is 5.91 Å². The molecule has 1 amide bonds. The molecule has 1 aliphatic heterocycles. The highest BCUT2D eigenvalue weighted by Gasteiger charge is 2.39. The van der Waals surface area contributed by atoms with Crippen LogP contribution < -0.4 is 16.0 Å². The highest BCUT2D eigenvalue weighted by molar-refractivity contribution is 7.80. The summed E-state index contributed by atoms with van der Waals surface area (Å²) < 4.78 is 5.99. The molecule has 0 aromatic heterocycles. The Morgan fingerprint density at radius 3 is 2.66 bits per heavy atom. The van der Waals surface area contributed by atoms with E-state index in [0.717, 1.165) is 0 Å². The molecular formula is C28H27N3O6S. The molecule has 0 saturated carbocycles. The van der Waals surface area contributed by atoms with Crippen LogP contribution in [0, 0.1) is 5.92 Å². The molecule has 38 heavy (non-hydrogen) atoms. The number of anilines is 1. The monoisotopic (exact) mass is 533 g/mol. The minimum absolute atomic E-state index is 0.0402. The second-order valence-electron chi connectivity index (χ2n) is 9.12. The summed E-state index contributed by atoms with van der Waals surface area (Å²) in [5.74, 6) is -1.69. The number of allylic oxidation sites excluding steroid dienone is 4. The summed E-state index contributed by atoms with van der Waals surface area (Å²) in [5.41, 5.74) is 2.72. The van der Waals surface area contributed by atoms with Gasteiger partial charge in [0.15, 0.2) is 16.7 Å². The van der Waals surface area contributed by atoms with Crippen molar-refractivity contribution in [3.05, 3.63) is 83.2 Å². The minimum Gasteiger partial charge on any atom is -0.488 e. The summed E-state index contributed by atoms with van der Waals surface area (Å²) in [7, 11) is 0. The SMILES string of the molecule is C=C(C)C(=O)NCCCNC(=S)Nc1ccc(C2=C3C=CC(=O)C=C3OC3CC(=O)C=CC23)c(C(=O)O)c1. The lowest BCUT2D eigenvalue weighted by atomic mass is 9.76. The van der Waals surface area contributed by atoms with E-state index in [1.54, 1.807) is 31.2 Å². The number of ketones is 2. The van der Waals surface area contributed by atoms with E-state index in [1.807, 2.05) is 0 Å². The fourth-order valence-electron chi connectivity index (χ4n) is 4.47. The van der Waals surface area contributed by atoms with Crippen LogP contribution in [0.25, 0.3) is 5.57 Å². The van der Waals surface area contributed by atoms with E-state index < -0.39 is 12.1 Å². The largest absolute Gasteiger partial charge is 0.488 e. The van der Waals surface area contributed by atoms with Crippen molar-refractivity contribution in [1.29, 1.82) is 0 Å². The quantitative estimate of drug-likeness (QED) is 0.226. The Morgan fingerprint density at radius 2 is 1.92 bits per heavy atom. The highest BCUT2D eigenvalue weighted by atomic mass is 32.1. The van der Waals surface area contributed by atoms with Gasteiger partial charge in [-0.25, -0.2) is 4.79 Å².